The molecule has 0 amide bonds. The molecule has 0 spiro atoms. The number of hydrogen-bond acceptors (Lipinski definition) is 2. The van der Waals surface area contributed by atoms with Crippen LogP contribution in [-0.2, 0) is 5.41 Å². The van der Waals surface area contributed by atoms with Crippen molar-refractivity contribution in [1.82, 2.24) is 4.90 Å². The van der Waals surface area contributed by atoms with Crippen molar-refractivity contribution in [2.24, 2.45) is 5.41 Å². The Morgan fingerprint density at radius 2 is 1.57 bits per heavy atom. The summed E-state index contributed by atoms with van der Waals surface area (Å²) >= 11 is 0. The zero-order valence-electron chi connectivity index (χ0n) is 24.6. The Morgan fingerprint density at radius 3 is 2.48 bits per heavy atom. The first-order valence-corrected chi connectivity index (χ1v) is 15.6. The van der Waals surface area contributed by atoms with Gasteiger partial charge in [0.1, 0.15) is 0 Å². The number of anilines is 2. The van der Waals surface area contributed by atoms with E-state index in [2.05, 4.69) is 110 Å². The Balaban J connectivity index is 1.27. The molecule has 40 heavy (non-hydrogen) atoms. The van der Waals surface area contributed by atoms with Crippen LogP contribution in [0, 0.1) is 5.41 Å². The van der Waals surface area contributed by atoms with Crippen molar-refractivity contribution in [1.29, 1.82) is 0 Å². The maximum atomic E-state index is 2.82. The van der Waals surface area contributed by atoms with Crippen LogP contribution in [0.15, 0.2) is 72.0 Å². The topological polar surface area (TPSA) is 6.48 Å². The maximum absolute atomic E-state index is 2.82. The third-order valence-electron chi connectivity index (χ3n) is 11.1. The molecule has 2 atom stereocenters. The SMILES string of the molecule is CC1(C)CCN(C2CC=c3ccc4c(N5CCC(C)(C)c6ccccc65)ccc5c4c3C2CC=5)C2=C1CCC=C2. The van der Waals surface area contributed by atoms with Gasteiger partial charge in [-0.05, 0) is 100 Å². The highest BCUT2D eigenvalue weighted by Gasteiger charge is 2.40. The van der Waals surface area contributed by atoms with Crippen LogP contribution in [-0.4, -0.2) is 24.0 Å². The van der Waals surface area contributed by atoms with E-state index in [1.807, 2.05) is 0 Å². The van der Waals surface area contributed by atoms with E-state index in [4.69, 9.17) is 0 Å². The first kappa shape index (κ1) is 24.5. The van der Waals surface area contributed by atoms with E-state index in [0.717, 1.165) is 19.4 Å². The van der Waals surface area contributed by atoms with Gasteiger partial charge in [-0.15, -0.1) is 0 Å². The molecule has 204 valence electrons. The molecule has 2 aliphatic heterocycles. The number of para-hydroxylation sites is 1. The lowest BCUT2D eigenvalue weighted by atomic mass is 9.71. The van der Waals surface area contributed by atoms with Crippen molar-refractivity contribution in [3.63, 3.8) is 0 Å². The molecule has 0 radical (unpaired) electrons. The van der Waals surface area contributed by atoms with Crippen molar-refractivity contribution in [3.05, 3.63) is 93.5 Å². The maximum Gasteiger partial charge on any atom is 0.0491 e. The average molecular weight is 527 g/mol. The molecule has 2 heteroatoms. The molecule has 3 aromatic rings. The summed E-state index contributed by atoms with van der Waals surface area (Å²) in [7, 11) is 0. The Labute approximate surface area is 239 Å². The quantitative estimate of drug-likeness (QED) is 0.336. The third-order valence-corrected chi connectivity index (χ3v) is 11.1. The van der Waals surface area contributed by atoms with Gasteiger partial charge < -0.3 is 9.80 Å². The minimum atomic E-state index is 0.207. The number of benzene rings is 3. The van der Waals surface area contributed by atoms with Gasteiger partial charge in [-0.1, -0.05) is 82.3 Å². The van der Waals surface area contributed by atoms with Crippen LogP contribution in [0.4, 0.5) is 11.4 Å². The summed E-state index contributed by atoms with van der Waals surface area (Å²) < 4.78 is 0. The molecule has 3 aliphatic carbocycles. The summed E-state index contributed by atoms with van der Waals surface area (Å²) in [5.74, 6) is 0.546. The van der Waals surface area contributed by atoms with Gasteiger partial charge in [0.2, 0.25) is 0 Å². The zero-order valence-corrected chi connectivity index (χ0v) is 24.6. The highest BCUT2D eigenvalue weighted by atomic mass is 15.2. The van der Waals surface area contributed by atoms with Crippen LogP contribution in [0.1, 0.15) is 83.3 Å². The Kier molecular flexibility index (Phi) is 5.29. The van der Waals surface area contributed by atoms with Gasteiger partial charge in [-0.2, -0.15) is 0 Å². The Hall–Kier alpha value is -3.26. The van der Waals surface area contributed by atoms with Crippen molar-refractivity contribution in [2.45, 2.75) is 83.6 Å². The second-order valence-corrected chi connectivity index (χ2v) is 14.2. The molecule has 0 bridgehead atoms. The molecule has 0 saturated carbocycles. The number of hydrogen-bond donors (Lipinski definition) is 0. The highest BCUT2D eigenvalue weighted by Crippen LogP contribution is 2.48. The van der Waals surface area contributed by atoms with E-state index in [1.54, 1.807) is 16.8 Å². The van der Waals surface area contributed by atoms with E-state index >= 15 is 0 Å². The van der Waals surface area contributed by atoms with Crippen LogP contribution in [0.25, 0.3) is 22.9 Å². The monoisotopic (exact) mass is 526 g/mol. The van der Waals surface area contributed by atoms with Crippen molar-refractivity contribution in [2.75, 3.05) is 18.0 Å². The summed E-state index contributed by atoms with van der Waals surface area (Å²) in [4.78, 5) is 5.43. The summed E-state index contributed by atoms with van der Waals surface area (Å²) in [6.07, 6.45) is 17.1. The fraction of sp³-hybridized carbons (Fsp3) is 0.421. The lowest BCUT2D eigenvalue weighted by Gasteiger charge is -2.49. The Morgan fingerprint density at radius 1 is 0.775 bits per heavy atom. The number of nitrogens with zero attached hydrogens (tertiary/aromatic N) is 2. The van der Waals surface area contributed by atoms with Crippen LogP contribution < -0.4 is 15.3 Å². The van der Waals surface area contributed by atoms with Crippen molar-refractivity contribution < 1.29 is 0 Å². The molecule has 3 aromatic carbocycles. The second-order valence-electron chi connectivity index (χ2n) is 14.2. The molecule has 0 fully saturated rings. The van der Waals surface area contributed by atoms with Gasteiger partial charge in [0.15, 0.2) is 0 Å². The molecule has 0 aromatic heterocycles. The number of allylic oxidation sites excluding steroid dienone is 3. The molecule has 2 heterocycles. The normalized spacial score (nSPS) is 25.7. The number of fused-ring (bicyclic) bond motifs is 1. The predicted molar refractivity (Wildman–Crippen MR) is 169 cm³/mol. The second kappa shape index (κ2) is 8.62. The summed E-state index contributed by atoms with van der Waals surface area (Å²) in [5, 5.41) is 5.85. The van der Waals surface area contributed by atoms with Gasteiger partial charge in [-0.25, -0.2) is 0 Å². The van der Waals surface area contributed by atoms with E-state index in [9.17, 15) is 0 Å². The molecule has 0 saturated heterocycles. The first-order valence-electron chi connectivity index (χ1n) is 15.6. The van der Waals surface area contributed by atoms with Gasteiger partial charge in [0.05, 0.1) is 0 Å². The molecular weight excluding hydrogens is 484 g/mol. The third kappa shape index (κ3) is 3.47. The predicted octanol–water partition coefficient (Wildman–Crippen LogP) is 7.82. The van der Waals surface area contributed by atoms with Gasteiger partial charge in [0, 0.05) is 47.5 Å². The minimum absolute atomic E-state index is 0.207. The largest absolute Gasteiger partial charge is 0.368 e. The van der Waals surface area contributed by atoms with Crippen LogP contribution in [0.3, 0.4) is 0 Å². The number of rotatable bonds is 2. The van der Waals surface area contributed by atoms with E-state index in [-0.39, 0.29) is 5.41 Å². The molecule has 0 N–H and O–H groups in total. The summed E-state index contributed by atoms with van der Waals surface area (Å²) in [5.41, 5.74) is 9.61. The van der Waals surface area contributed by atoms with Crippen LogP contribution in [0.2, 0.25) is 0 Å². The van der Waals surface area contributed by atoms with E-state index < -0.39 is 0 Å². The molecule has 5 aliphatic rings. The fourth-order valence-electron chi connectivity index (χ4n) is 8.76. The van der Waals surface area contributed by atoms with Crippen LogP contribution in [0.5, 0.6) is 0 Å². The molecule has 2 nitrogen and oxygen atoms in total. The van der Waals surface area contributed by atoms with Gasteiger partial charge in [0.25, 0.3) is 0 Å². The van der Waals surface area contributed by atoms with Gasteiger partial charge >= 0.3 is 0 Å². The Bertz CT molecular complexity index is 1730. The minimum Gasteiger partial charge on any atom is -0.368 e. The summed E-state index contributed by atoms with van der Waals surface area (Å²) in [6, 6.07) is 19.3. The van der Waals surface area contributed by atoms with Crippen molar-refractivity contribution >= 4 is 34.3 Å². The van der Waals surface area contributed by atoms with E-state index in [0.29, 0.717) is 17.4 Å². The molecular formula is C38H42N2. The fourth-order valence-corrected chi connectivity index (χ4v) is 8.76. The van der Waals surface area contributed by atoms with Gasteiger partial charge in [-0.3, -0.25) is 0 Å². The van der Waals surface area contributed by atoms with Crippen LogP contribution >= 0.6 is 0 Å². The van der Waals surface area contributed by atoms with E-state index in [1.165, 1.54) is 70.4 Å². The summed E-state index contributed by atoms with van der Waals surface area (Å²) in [6.45, 7) is 12.0. The van der Waals surface area contributed by atoms with Crippen molar-refractivity contribution in [3.8, 4) is 0 Å². The molecule has 8 rings (SSSR count). The standard InChI is InChI=1S/C38H42N2/c1-37(2)21-23-39(33-11-7-5-9-29(33)37)31-19-15-25-14-18-28-32(20-16-26-13-17-27(31)35(25)36(26)28)40-24-22-38(3,4)30-10-6-8-12-34(30)40/h5,7-9,11-17,19,28,32H,6,10,18,20-24H2,1-4H3. The molecule has 2 unspecified atom stereocenters. The first-order chi connectivity index (χ1) is 19.3. The highest BCUT2D eigenvalue weighted by molar-refractivity contribution is 6.00. The zero-order chi connectivity index (χ0) is 27.2. The smallest absolute Gasteiger partial charge is 0.0491 e. The lowest BCUT2D eigenvalue weighted by molar-refractivity contribution is 0.169. The lowest BCUT2D eigenvalue weighted by Crippen LogP contribution is -2.48. The average Bonchev–Trinajstić information content (AvgIpc) is 2.97.